The van der Waals surface area contributed by atoms with E-state index < -0.39 is 0 Å². The zero-order valence-corrected chi connectivity index (χ0v) is 11.1. The van der Waals surface area contributed by atoms with Crippen molar-refractivity contribution in [2.75, 3.05) is 12.5 Å². The molecule has 0 aliphatic heterocycles. The molecule has 0 nitrogen and oxygen atoms in total. The lowest BCUT2D eigenvalue weighted by molar-refractivity contribution is 0.629. The van der Waals surface area contributed by atoms with E-state index in [9.17, 15) is 0 Å². The molecule has 2 heteroatoms. The fourth-order valence-electron chi connectivity index (χ4n) is 1.60. The normalized spacial score (nSPS) is 15.7. The van der Waals surface area contributed by atoms with Crippen molar-refractivity contribution in [2.24, 2.45) is 0 Å². The van der Waals surface area contributed by atoms with Crippen molar-refractivity contribution in [1.29, 1.82) is 0 Å². The van der Waals surface area contributed by atoms with Gasteiger partial charge in [-0.05, 0) is 25.4 Å². The van der Waals surface area contributed by atoms with Gasteiger partial charge in [-0.25, -0.2) is 0 Å². The van der Waals surface area contributed by atoms with Crippen molar-refractivity contribution in [2.45, 2.75) is 56.5 Å². The lowest BCUT2D eigenvalue weighted by Gasteiger charge is -2.23. The molecular weight excluding hydrogens is 196 g/mol. The van der Waals surface area contributed by atoms with Gasteiger partial charge >= 0.3 is 0 Å². The molecule has 0 rings (SSSR count). The van der Waals surface area contributed by atoms with E-state index in [4.69, 9.17) is 0 Å². The minimum absolute atomic E-state index is 0.881. The minimum Gasteiger partial charge on any atom is -0.161 e. The quantitative estimate of drug-likeness (QED) is 0.593. The third-order valence-corrected chi connectivity index (χ3v) is 4.95. The standard InChI is InChI=1S/C11H24S2/c1-5-7-9-11(13-4)10(12-3)8-6-2/h10-11H,5-9H2,1-4H3/t10-,11+/m0/s1. The van der Waals surface area contributed by atoms with Crippen LogP contribution in [0.1, 0.15) is 46.0 Å². The molecule has 0 aliphatic carbocycles. The number of hydrogen-bond donors (Lipinski definition) is 0. The van der Waals surface area contributed by atoms with Crippen LogP contribution in [0, 0.1) is 0 Å². The highest BCUT2D eigenvalue weighted by molar-refractivity contribution is 8.03. The summed E-state index contributed by atoms with van der Waals surface area (Å²) in [6.07, 6.45) is 11.4. The van der Waals surface area contributed by atoms with Crippen LogP contribution in [0.2, 0.25) is 0 Å². The van der Waals surface area contributed by atoms with Crippen molar-refractivity contribution < 1.29 is 0 Å². The van der Waals surface area contributed by atoms with Gasteiger partial charge in [0.1, 0.15) is 0 Å². The molecule has 0 unspecified atom stereocenters. The van der Waals surface area contributed by atoms with Gasteiger partial charge in [-0.15, -0.1) is 0 Å². The maximum absolute atomic E-state index is 2.29. The molecule has 0 bridgehead atoms. The Bertz CT molecular complexity index is 104. The SMILES string of the molecule is CCCC[C@@H](SC)[C@H](CCC)SC. The second-order valence-corrected chi connectivity index (χ2v) is 5.63. The lowest BCUT2D eigenvalue weighted by Crippen LogP contribution is -2.19. The van der Waals surface area contributed by atoms with Gasteiger partial charge in [-0.1, -0.05) is 33.1 Å². The monoisotopic (exact) mass is 220 g/mol. The van der Waals surface area contributed by atoms with Crippen molar-refractivity contribution in [3.05, 3.63) is 0 Å². The first-order chi connectivity index (χ1) is 6.29. The van der Waals surface area contributed by atoms with Crippen molar-refractivity contribution >= 4 is 23.5 Å². The average Bonchev–Trinajstić information content (AvgIpc) is 2.17. The van der Waals surface area contributed by atoms with Gasteiger partial charge in [-0.3, -0.25) is 0 Å². The van der Waals surface area contributed by atoms with E-state index in [1.165, 1.54) is 32.1 Å². The molecule has 2 atom stereocenters. The van der Waals surface area contributed by atoms with Gasteiger partial charge in [0, 0.05) is 10.5 Å². The molecule has 13 heavy (non-hydrogen) atoms. The third kappa shape index (κ3) is 5.90. The van der Waals surface area contributed by atoms with E-state index in [-0.39, 0.29) is 0 Å². The van der Waals surface area contributed by atoms with Crippen LogP contribution in [0.25, 0.3) is 0 Å². The molecule has 0 aliphatic rings. The summed E-state index contributed by atoms with van der Waals surface area (Å²) in [6.45, 7) is 4.58. The zero-order chi connectivity index (χ0) is 10.1. The van der Waals surface area contributed by atoms with Gasteiger partial charge in [0.2, 0.25) is 0 Å². The lowest BCUT2D eigenvalue weighted by atomic mass is 10.1. The Kier molecular flexibility index (Phi) is 9.76. The van der Waals surface area contributed by atoms with Gasteiger partial charge in [0.25, 0.3) is 0 Å². The van der Waals surface area contributed by atoms with E-state index in [0.29, 0.717) is 0 Å². The van der Waals surface area contributed by atoms with Gasteiger partial charge in [0.05, 0.1) is 0 Å². The van der Waals surface area contributed by atoms with Crippen LogP contribution in [-0.4, -0.2) is 23.0 Å². The molecule has 0 saturated heterocycles. The van der Waals surface area contributed by atoms with Crippen LogP contribution in [0.5, 0.6) is 0 Å². The van der Waals surface area contributed by atoms with E-state index in [2.05, 4.69) is 49.9 Å². The average molecular weight is 220 g/mol. The maximum Gasteiger partial charge on any atom is 0.0163 e. The third-order valence-electron chi connectivity index (χ3n) is 2.44. The fourth-order valence-corrected chi connectivity index (χ4v) is 4.02. The Morgan fingerprint density at radius 1 is 0.846 bits per heavy atom. The smallest absolute Gasteiger partial charge is 0.0163 e. The molecule has 0 fully saturated rings. The molecule has 0 aromatic carbocycles. The van der Waals surface area contributed by atoms with Gasteiger partial charge < -0.3 is 0 Å². The Morgan fingerprint density at radius 3 is 1.77 bits per heavy atom. The van der Waals surface area contributed by atoms with Gasteiger partial charge in [-0.2, -0.15) is 23.5 Å². The van der Waals surface area contributed by atoms with E-state index in [1.807, 2.05) is 0 Å². The number of rotatable bonds is 8. The molecule has 0 aromatic rings. The van der Waals surface area contributed by atoms with Crippen LogP contribution >= 0.6 is 23.5 Å². The van der Waals surface area contributed by atoms with Crippen LogP contribution in [0.3, 0.4) is 0 Å². The number of hydrogen-bond acceptors (Lipinski definition) is 2. The molecule has 0 radical (unpaired) electrons. The first-order valence-electron chi connectivity index (χ1n) is 5.35. The molecule has 80 valence electrons. The summed E-state index contributed by atoms with van der Waals surface area (Å²) >= 11 is 4.12. The Balaban J connectivity index is 3.84. The molecule has 0 aromatic heterocycles. The summed E-state index contributed by atoms with van der Waals surface area (Å²) in [4.78, 5) is 0. The van der Waals surface area contributed by atoms with Crippen LogP contribution < -0.4 is 0 Å². The summed E-state index contributed by atoms with van der Waals surface area (Å²) in [5.74, 6) is 0. The first-order valence-corrected chi connectivity index (χ1v) is 7.93. The van der Waals surface area contributed by atoms with Crippen LogP contribution in [-0.2, 0) is 0 Å². The molecule has 0 spiro atoms. The molecule has 0 heterocycles. The largest absolute Gasteiger partial charge is 0.161 e. The highest BCUT2D eigenvalue weighted by Crippen LogP contribution is 2.28. The highest BCUT2D eigenvalue weighted by Gasteiger charge is 2.17. The van der Waals surface area contributed by atoms with E-state index in [0.717, 1.165) is 10.5 Å². The van der Waals surface area contributed by atoms with Crippen molar-refractivity contribution in [1.82, 2.24) is 0 Å². The second-order valence-electron chi connectivity index (χ2n) is 3.48. The predicted octanol–water partition coefficient (Wildman–Crippen LogP) is 4.44. The molecule has 0 amide bonds. The fraction of sp³-hybridized carbons (Fsp3) is 1.00. The highest BCUT2D eigenvalue weighted by atomic mass is 32.2. The molecule has 0 saturated carbocycles. The number of unbranched alkanes of at least 4 members (excludes halogenated alkanes) is 1. The van der Waals surface area contributed by atoms with Crippen molar-refractivity contribution in [3.63, 3.8) is 0 Å². The van der Waals surface area contributed by atoms with E-state index in [1.54, 1.807) is 0 Å². The number of thioether (sulfide) groups is 2. The zero-order valence-electron chi connectivity index (χ0n) is 9.51. The Morgan fingerprint density at radius 2 is 1.38 bits per heavy atom. The van der Waals surface area contributed by atoms with Crippen LogP contribution in [0.4, 0.5) is 0 Å². The summed E-state index contributed by atoms with van der Waals surface area (Å²) in [7, 11) is 0. The Hall–Kier alpha value is 0.700. The summed E-state index contributed by atoms with van der Waals surface area (Å²) < 4.78 is 0. The topological polar surface area (TPSA) is 0 Å². The molecule has 0 N–H and O–H groups in total. The maximum atomic E-state index is 2.29. The predicted molar refractivity (Wildman–Crippen MR) is 69.0 cm³/mol. The first kappa shape index (κ1) is 13.7. The summed E-state index contributed by atoms with van der Waals surface area (Å²) in [6, 6.07) is 0. The Labute approximate surface area is 92.6 Å². The van der Waals surface area contributed by atoms with Crippen molar-refractivity contribution in [3.8, 4) is 0 Å². The minimum atomic E-state index is 0.881. The van der Waals surface area contributed by atoms with E-state index >= 15 is 0 Å². The second kappa shape index (κ2) is 9.26. The van der Waals surface area contributed by atoms with Crippen LogP contribution in [0.15, 0.2) is 0 Å². The summed E-state index contributed by atoms with van der Waals surface area (Å²) in [5.41, 5.74) is 0. The molecular formula is C11H24S2. The van der Waals surface area contributed by atoms with Gasteiger partial charge in [0.15, 0.2) is 0 Å². The summed E-state index contributed by atoms with van der Waals surface area (Å²) in [5, 5.41) is 1.77.